The summed E-state index contributed by atoms with van der Waals surface area (Å²) in [5, 5.41) is 17.4. The molecule has 0 saturated carbocycles. The van der Waals surface area contributed by atoms with Crippen molar-refractivity contribution in [2.45, 2.75) is 19.9 Å². The highest BCUT2D eigenvalue weighted by Gasteiger charge is 2.21. The Morgan fingerprint density at radius 2 is 2.19 bits per heavy atom. The fraction of sp³-hybridized carbons (Fsp3) is 0.357. The molecule has 0 radical (unpaired) electrons. The van der Waals surface area contributed by atoms with Gasteiger partial charge in [0.25, 0.3) is 0 Å². The number of nitrogens with zero attached hydrogens (tertiary/aromatic N) is 3. The van der Waals surface area contributed by atoms with Crippen LogP contribution in [0.25, 0.3) is 0 Å². The van der Waals surface area contributed by atoms with Crippen molar-refractivity contribution in [2.24, 2.45) is 0 Å². The Kier molecular flexibility index (Phi) is 5.30. The van der Waals surface area contributed by atoms with Crippen LogP contribution in [-0.4, -0.2) is 39.3 Å². The van der Waals surface area contributed by atoms with Gasteiger partial charge in [-0.15, -0.1) is 5.10 Å². The summed E-state index contributed by atoms with van der Waals surface area (Å²) in [6.07, 6.45) is 0.390. The van der Waals surface area contributed by atoms with Crippen LogP contribution in [0, 0.1) is 0 Å². The molecule has 112 valence electrons. The van der Waals surface area contributed by atoms with Gasteiger partial charge in [-0.3, -0.25) is 0 Å². The zero-order valence-electron chi connectivity index (χ0n) is 11.6. The van der Waals surface area contributed by atoms with E-state index < -0.39 is 5.97 Å². The Labute approximate surface area is 127 Å². The van der Waals surface area contributed by atoms with Gasteiger partial charge in [-0.2, -0.15) is 0 Å². The molecule has 1 aromatic heterocycles. The molecule has 0 atom stereocenters. The highest BCUT2D eigenvalue weighted by atomic mass is 35.5. The second-order valence-corrected chi connectivity index (χ2v) is 4.73. The Hall–Kier alpha value is -1.92. The van der Waals surface area contributed by atoms with Gasteiger partial charge < -0.3 is 9.84 Å². The van der Waals surface area contributed by atoms with Crippen molar-refractivity contribution in [3.05, 3.63) is 46.2 Å². The van der Waals surface area contributed by atoms with Crippen molar-refractivity contribution < 1.29 is 14.6 Å². The molecule has 1 aromatic carbocycles. The molecular formula is C14H16ClN3O3. The van der Waals surface area contributed by atoms with Gasteiger partial charge in [-0.05, 0) is 18.6 Å². The van der Waals surface area contributed by atoms with E-state index in [1.807, 2.05) is 18.2 Å². The predicted molar refractivity (Wildman–Crippen MR) is 77.3 cm³/mol. The molecule has 6 nitrogen and oxygen atoms in total. The van der Waals surface area contributed by atoms with Crippen LogP contribution in [0.5, 0.6) is 0 Å². The molecule has 0 unspecified atom stereocenters. The average molecular weight is 310 g/mol. The first kappa shape index (κ1) is 15.5. The zero-order chi connectivity index (χ0) is 15.2. The number of hydrogen-bond donors (Lipinski definition) is 1. The molecule has 2 aromatic rings. The smallest absolute Gasteiger partial charge is 0.360 e. The van der Waals surface area contributed by atoms with Gasteiger partial charge in [0, 0.05) is 11.4 Å². The fourth-order valence-corrected chi connectivity index (χ4v) is 2.16. The SMILES string of the molecule is CCOC(=O)c1nnn(CCO)c1Cc1ccccc1Cl. The quantitative estimate of drug-likeness (QED) is 0.822. The number of hydrogen-bond acceptors (Lipinski definition) is 5. The zero-order valence-corrected chi connectivity index (χ0v) is 12.4. The van der Waals surface area contributed by atoms with Gasteiger partial charge in [0.2, 0.25) is 0 Å². The molecule has 0 aliphatic carbocycles. The molecule has 0 bridgehead atoms. The molecule has 21 heavy (non-hydrogen) atoms. The number of halogens is 1. The third-order valence-corrected chi connectivity index (χ3v) is 3.30. The van der Waals surface area contributed by atoms with Crippen LogP contribution in [0.2, 0.25) is 5.02 Å². The summed E-state index contributed by atoms with van der Waals surface area (Å²) < 4.78 is 6.47. The maximum atomic E-state index is 11.9. The van der Waals surface area contributed by atoms with Gasteiger partial charge >= 0.3 is 5.97 Å². The molecule has 0 amide bonds. The van der Waals surface area contributed by atoms with Crippen molar-refractivity contribution in [1.82, 2.24) is 15.0 Å². The van der Waals surface area contributed by atoms with Crippen LogP contribution in [0.4, 0.5) is 0 Å². The second kappa shape index (κ2) is 7.19. The van der Waals surface area contributed by atoms with E-state index in [0.29, 0.717) is 17.1 Å². The first-order valence-electron chi connectivity index (χ1n) is 6.61. The number of benzene rings is 1. The minimum Gasteiger partial charge on any atom is -0.461 e. The molecule has 1 heterocycles. The Morgan fingerprint density at radius 1 is 1.43 bits per heavy atom. The summed E-state index contributed by atoms with van der Waals surface area (Å²) in [5.41, 5.74) is 1.59. The van der Waals surface area contributed by atoms with Gasteiger partial charge in [0.05, 0.1) is 25.5 Å². The topological polar surface area (TPSA) is 77.2 Å². The normalized spacial score (nSPS) is 10.6. The predicted octanol–water partition coefficient (Wildman–Crippen LogP) is 1.69. The highest BCUT2D eigenvalue weighted by Crippen LogP contribution is 2.20. The number of carbonyl (C=O) groups excluding carboxylic acids is 1. The lowest BCUT2D eigenvalue weighted by Gasteiger charge is -2.08. The lowest BCUT2D eigenvalue weighted by atomic mass is 10.1. The first-order valence-corrected chi connectivity index (χ1v) is 6.99. The van der Waals surface area contributed by atoms with E-state index in [-0.39, 0.29) is 25.5 Å². The highest BCUT2D eigenvalue weighted by molar-refractivity contribution is 6.31. The summed E-state index contributed by atoms with van der Waals surface area (Å²) in [6.45, 7) is 2.15. The molecule has 1 N–H and O–H groups in total. The maximum Gasteiger partial charge on any atom is 0.360 e. The second-order valence-electron chi connectivity index (χ2n) is 4.32. The standard InChI is InChI=1S/C14H16ClN3O3/c1-2-21-14(20)13-12(18(7-8-19)17-16-13)9-10-5-3-4-6-11(10)15/h3-6,19H,2,7-9H2,1H3. The molecule has 0 spiro atoms. The van der Waals surface area contributed by atoms with E-state index in [2.05, 4.69) is 10.3 Å². The lowest BCUT2D eigenvalue weighted by molar-refractivity contribution is 0.0518. The molecular weight excluding hydrogens is 294 g/mol. The average Bonchev–Trinajstić information content (AvgIpc) is 2.85. The summed E-state index contributed by atoms with van der Waals surface area (Å²) in [4.78, 5) is 11.9. The van der Waals surface area contributed by atoms with Crippen molar-refractivity contribution in [3.63, 3.8) is 0 Å². The number of rotatable bonds is 6. The van der Waals surface area contributed by atoms with Crippen LogP contribution in [0.1, 0.15) is 28.7 Å². The van der Waals surface area contributed by atoms with E-state index in [1.165, 1.54) is 4.68 Å². The van der Waals surface area contributed by atoms with Crippen molar-refractivity contribution in [2.75, 3.05) is 13.2 Å². The van der Waals surface area contributed by atoms with Crippen molar-refractivity contribution >= 4 is 17.6 Å². The molecule has 0 saturated heterocycles. The number of aliphatic hydroxyl groups excluding tert-OH is 1. The molecule has 2 rings (SSSR count). The van der Waals surface area contributed by atoms with Gasteiger partial charge in [0.1, 0.15) is 0 Å². The van der Waals surface area contributed by atoms with Gasteiger partial charge in [-0.25, -0.2) is 9.48 Å². The summed E-state index contributed by atoms with van der Waals surface area (Å²) in [6, 6.07) is 7.35. The van der Waals surface area contributed by atoms with E-state index in [9.17, 15) is 4.79 Å². The van der Waals surface area contributed by atoms with Gasteiger partial charge in [-0.1, -0.05) is 35.0 Å². The van der Waals surface area contributed by atoms with E-state index in [0.717, 1.165) is 5.56 Å². The van der Waals surface area contributed by atoms with Crippen LogP contribution >= 0.6 is 11.6 Å². The van der Waals surface area contributed by atoms with Gasteiger partial charge in [0.15, 0.2) is 5.69 Å². The number of carbonyl (C=O) groups is 1. The number of aliphatic hydroxyl groups is 1. The summed E-state index contributed by atoms with van der Waals surface area (Å²) >= 11 is 6.15. The maximum absolute atomic E-state index is 11.9. The van der Waals surface area contributed by atoms with Crippen molar-refractivity contribution in [1.29, 1.82) is 0 Å². The number of aromatic nitrogens is 3. The molecule has 0 fully saturated rings. The Bertz CT molecular complexity index is 628. The Balaban J connectivity index is 2.37. The number of ether oxygens (including phenoxy) is 1. The lowest BCUT2D eigenvalue weighted by Crippen LogP contribution is -2.13. The first-order chi connectivity index (χ1) is 10.2. The van der Waals surface area contributed by atoms with Crippen molar-refractivity contribution in [3.8, 4) is 0 Å². The monoisotopic (exact) mass is 309 g/mol. The fourth-order valence-electron chi connectivity index (χ4n) is 1.96. The van der Waals surface area contributed by atoms with E-state index in [1.54, 1.807) is 13.0 Å². The summed E-state index contributed by atoms with van der Waals surface area (Å²) in [5.74, 6) is -0.524. The summed E-state index contributed by atoms with van der Waals surface area (Å²) in [7, 11) is 0. The van der Waals surface area contributed by atoms with Crippen LogP contribution in [-0.2, 0) is 17.7 Å². The minimum atomic E-state index is -0.524. The Morgan fingerprint density at radius 3 is 2.86 bits per heavy atom. The van der Waals surface area contributed by atoms with Crippen LogP contribution in [0.15, 0.2) is 24.3 Å². The van der Waals surface area contributed by atoms with E-state index >= 15 is 0 Å². The van der Waals surface area contributed by atoms with E-state index in [4.69, 9.17) is 21.4 Å². The molecule has 0 aliphatic heterocycles. The third-order valence-electron chi connectivity index (χ3n) is 2.93. The minimum absolute atomic E-state index is 0.0961. The van der Waals surface area contributed by atoms with Crippen LogP contribution in [0.3, 0.4) is 0 Å². The largest absolute Gasteiger partial charge is 0.461 e. The molecule has 0 aliphatic rings. The third kappa shape index (κ3) is 3.59. The molecule has 7 heteroatoms. The van der Waals surface area contributed by atoms with Crippen LogP contribution < -0.4 is 0 Å². The number of esters is 1.